The van der Waals surface area contributed by atoms with Crippen molar-refractivity contribution in [1.82, 2.24) is 0 Å². The smallest absolute Gasteiger partial charge is 0.115 e. The maximum absolute atomic E-state index is 9.14. The van der Waals surface area contributed by atoms with Crippen LogP contribution in [0.25, 0.3) is 0 Å². The van der Waals surface area contributed by atoms with Crippen molar-refractivity contribution >= 4 is 0 Å². The Morgan fingerprint density at radius 3 is 3.08 bits per heavy atom. The van der Waals surface area contributed by atoms with E-state index in [2.05, 4.69) is 6.08 Å². The summed E-state index contributed by atoms with van der Waals surface area (Å²) < 4.78 is 0. The van der Waals surface area contributed by atoms with Gasteiger partial charge in [0.1, 0.15) is 5.76 Å². The molecule has 1 aliphatic rings. The van der Waals surface area contributed by atoms with E-state index in [-0.39, 0.29) is 0 Å². The molecule has 0 atom stereocenters. The summed E-state index contributed by atoms with van der Waals surface area (Å²) >= 11 is 0. The summed E-state index contributed by atoms with van der Waals surface area (Å²) in [6, 6.07) is 0. The highest BCUT2D eigenvalue weighted by atomic mass is 16.3. The summed E-state index contributed by atoms with van der Waals surface area (Å²) in [7, 11) is 0. The van der Waals surface area contributed by atoms with Crippen LogP contribution in [0.5, 0.6) is 0 Å². The quantitative estimate of drug-likeness (QED) is 0.618. The molecule has 0 aliphatic heterocycles. The number of aliphatic hydroxyl groups excluding tert-OH is 1. The van der Waals surface area contributed by atoms with Crippen LogP contribution in [0.15, 0.2) is 47.8 Å². The van der Waals surface area contributed by atoms with Gasteiger partial charge < -0.3 is 5.11 Å². The van der Waals surface area contributed by atoms with Crippen molar-refractivity contribution in [1.29, 1.82) is 0 Å². The van der Waals surface area contributed by atoms with Crippen LogP contribution in [0.1, 0.15) is 19.8 Å². The lowest BCUT2D eigenvalue weighted by atomic mass is 10.1. The van der Waals surface area contributed by atoms with E-state index < -0.39 is 0 Å². The zero-order chi connectivity index (χ0) is 8.81. The van der Waals surface area contributed by atoms with Gasteiger partial charge in [-0.05, 0) is 31.9 Å². The van der Waals surface area contributed by atoms with Gasteiger partial charge in [-0.15, -0.1) is 0 Å². The summed E-state index contributed by atoms with van der Waals surface area (Å²) in [5.41, 5.74) is 1.33. The highest BCUT2D eigenvalue weighted by Crippen LogP contribution is 2.13. The third-order valence-corrected chi connectivity index (χ3v) is 1.77. The molecule has 0 saturated carbocycles. The molecule has 1 nitrogen and oxygen atoms in total. The Morgan fingerprint density at radius 2 is 2.33 bits per heavy atom. The molecule has 0 bridgehead atoms. The molecule has 12 heavy (non-hydrogen) atoms. The van der Waals surface area contributed by atoms with Crippen LogP contribution >= 0.6 is 0 Å². The Bertz CT molecular complexity index is 254. The van der Waals surface area contributed by atoms with Gasteiger partial charge in [0, 0.05) is 0 Å². The Labute approximate surface area is 73.4 Å². The van der Waals surface area contributed by atoms with Crippen molar-refractivity contribution in [2.45, 2.75) is 19.8 Å². The van der Waals surface area contributed by atoms with Crippen LogP contribution in [-0.4, -0.2) is 5.11 Å². The first-order chi connectivity index (χ1) is 5.83. The average Bonchev–Trinajstić information content (AvgIpc) is 2.27. The van der Waals surface area contributed by atoms with Gasteiger partial charge in [-0.25, -0.2) is 0 Å². The Kier molecular flexibility index (Phi) is 3.39. The predicted octanol–water partition coefficient (Wildman–Crippen LogP) is 3.28. The Morgan fingerprint density at radius 1 is 1.50 bits per heavy atom. The molecule has 0 aromatic carbocycles. The first-order valence-corrected chi connectivity index (χ1v) is 4.19. The first-order valence-electron chi connectivity index (χ1n) is 4.19. The van der Waals surface area contributed by atoms with E-state index in [1.54, 1.807) is 12.2 Å². The predicted molar refractivity (Wildman–Crippen MR) is 52.0 cm³/mol. The summed E-state index contributed by atoms with van der Waals surface area (Å²) in [6.45, 7) is 2.01. The largest absolute Gasteiger partial charge is 0.508 e. The fourth-order valence-electron chi connectivity index (χ4n) is 1.08. The van der Waals surface area contributed by atoms with Gasteiger partial charge >= 0.3 is 0 Å². The van der Waals surface area contributed by atoms with Crippen molar-refractivity contribution in [2.24, 2.45) is 0 Å². The molecular formula is C11H14O. The van der Waals surface area contributed by atoms with Gasteiger partial charge in [0.05, 0.1) is 0 Å². The maximum Gasteiger partial charge on any atom is 0.115 e. The van der Waals surface area contributed by atoms with Gasteiger partial charge in [0.15, 0.2) is 0 Å². The van der Waals surface area contributed by atoms with Gasteiger partial charge in [-0.1, -0.05) is 29.9 Å². The fraction of sp³-hybridized carbons (Fsp3) is 0.273. The molecule has 0 radical (unpaired) electrons. The molecule has 1 N–H and O–H groups in total. The van der Waals surface area contributed by atoms with E-state index >= 15 is 0 Å². The zero-order valence-electron chi connectivity index (χ0n) is 7.33. The molecule has 64 valence electrons. The molecule has 0 aromatic rings. The van der Waals surface area contributed by atoms with E-state index in [1.165, 1.54) is 5.57 Å². The second-order valence-corrected chi connectivity index (χ2v) is 2.80. The van der Waals surface area contributed by atoms with E-state index in [0.29, 0.717) is 5.76 Å². The molecule has 1 aliphatic carbocycles. The molecule has 0 heterocycles. The van der Waals surface area contributed by atoms with E-state index in [4.69, 9.17) is 5.11 Å². The van der Waals surface area contributed by atoms with Crippen LogP contribution in [0, 0.1) is 0 Å². The Hall–Kier alpha value is -1.24. The van der Waals surface area contributed by atoms with Crippen molar-refractivity contribution < 1.29 is 5.11 Å². The lowest BCUT2D eigenvalue weighted by Crippen LogP contribution is -1.76. The number of hydrogen-bond donors (Lipinski definition) is 1. The molecule has 0 spiro atoms. The number of rotatable bonds is 2. The van der Waals surface area contributed by atoms with Crippen LogP contribution in [-0.2, 0) is 0 Å². The number of aliphatic hydroxyl groups is 1. The normalized spacial score (nSPS) is 17.4. The second kappa shape index (κ2) is 4.60. The van der Waals surface area contributed by atoms with E-state index in [1.807, 2.05) is 25.2 Å². The highest BCUT2D eigenvalue weighted by molar-refractivity contribution is 5.27. The minimum atomic E-state index is 0.338. The summed E-state index contributed by atoms with van der Waals surface area (Å²) in [5.74, 6) is 0.338. The fourth-order valence-corrected chi connectivity index (χ4v) is 1.08. The summed E-state index contributed by atoms with van der Waals surface area (Å²) in [6.07, 6.45) is 13.5. The highest BCUT2D eigenvalue weighted by Gasteiger charge is 1.95. The first kappa shape index (κ1) is 8.85. The minimum Gasteiger partial charge on any atom is -0.508 e. The topological polar surface area (TPSA) is 20.2 Å². The van der Waals surface area contributed by atoms with Crippen molar-refractivity contribution in [3.05, 3.63) is 47.8 Å². The van der Waals surface area contributed by atoms with E-state index in [9.17, 15) is 0 Å². The van der Waals surface area contributed by atoms with Gasteiger partial charge in [0.25, 0.3) is 0 Å². The molecule has 1 rings (SSSR count). The zero-order valence-corrected chi connectivity index (χ0v) is 7.33. The minimum absolute atomic E-state index is 0.338. The van der Waals surface area contributed by atoms with Gasteiger partial charge in [-0.3, -0.25) is 0 Å². The summed E-state index contributed by atoms with van der Waals surface area (Å²) in [4.78, 5) is 0. The van der Waals surface area contributed by atoms with E-state index in [0.717, 1.165) is 12.8 Å². The monoisotopic (exact) mass is 162 g/mol. The molecule has 0 unspecified atom stereocenters. The van der Waals surface area contributed by atoms with Crippen molar-refractivity contribution in [2.75, 3.05) is 0 Å². The lowest BCUT2D eigenvalue weighted by molar-refractivity contribution is 0.432. The maximum atomic E-state index is 9.14. The van der Waals surface area contributed by atoms with Crippen LogP contribution in [0.3, 0.4) is 0 Å². The number of hydrogen-bond acceptors (Lipinski definition) is 1. The SMILES string of the molecule is C/C=C\CC1=CC=C(O)C=CC1. The van der Waals surface area contributed by atoms with Crippen LogP contribution in [0.2, 0.25) is 0 Å². The van der Waals surface area contributed by atoms with Crippen molar-refractivity contribution in [3.63, 3.8) is 0 Å². The average molecular weight is 162 g/mol. The molecule has 0 amide bonds. The van der Waals surface area contributed by atoms with Crippen molar-refractivity contribution in [3.8, 4) is 0 Å². The van der Waals surface area contributed by atoms with Crippen LogP contribution < -0.4 is 0 Å². The lowest BCUT2D eigenvalue weighted by Gasteiger charge is -1.96. The third kappa shape index (κ3) is 2.79. The molecule has 0 saturated heterocycles. The molecule has 1 heteroatoms. The molecule has 0 aromatic heterocycles. The Balaban J connectivity index is 2.61. The van der Waals surface area contributed by atoms with Gasteiger partial charge in [0.2, 0.25) is 0 Å². The third-order valence-electron chi connectivity index (χ3n) is 1.77. The second-order valence-electron chi connectivity index (χ2n) is 2.80. The number of allylic oxidation sites excluding steroid dienone is 7. The molecular weight excluding hydrogens is 148 g/mol. The summed E-state index contributed by atoms with van der Waals surface area (Å²) in [5, 5.41) is 9.14. The molecule has 0 fully saturated rings. The van der Waals surface area contributed by atoms with Gasteiger partial charge in [-0.2, -0.15) is 0 Å². The van der Waals surface area contributed by atoms with Crippen LogP contribution in [0.4, 0.5) is 0 Å². The standard InChI is InChI=1S/C11H14O/c1-2-3-5-10-6-4-7-11(12)9-8-10/h2-4,7-9,12H,5-6H2,1H3/b3-2-.